The summed E-state index contributed by atoms with van der Waals surface area (Å²) in [5.41, 5.74) is 2.92. The van der Waals surface area contributed by atoms with Gasteiger partial charge in [-0.25, -0.2) is 0 Å². The number of nitrogens with zero attached hydrogens (tertiary/aromatic N) is 3. The molecular formula is C24H29N3O3. The van der Waals surface area contributed by atoms with Gasteiger partial charge in [0.1, 0.15) is 5.70 Å². The van der Waals surface area contributed by atoms with Gasteiger partial charge in [0.2, 0.25) is 0 Å². The Bertz CT molecular complexity index is 881. The van der Waals surface area contributed by atoms with Crippen LogP contribution in [0.5, 0.6) is 0 Å². The number of benzene rings is 1. The molecule has 0 radical (unpaired) electrons. The molecule has 0 aliphatic carbocycles. The molecule has 158 valence electrons. The van der Waals surface area contributed by atoms with Gasteiger partial charge >= 0.3 is 0 Å². The summed E-state index contributed by atoms with van der Waals surface area (Å²) in [5, 5.41) is 0. The number of aromatic nitrogens is 1. The topological polar surface area (TPSA) is 62.7 Å². The molecule has 0 fully saturated rings. The van der Waals surface area contributed by atoms with Crippen LogP contribution < -0.4 is 0 Å². The van der Waals surface area contributed by atoms with Crippen molar-refractivity contribution in [3.05, 3.63) is 71.7 Å². The average Bonchev–Trinajstić information content (AvgIpc) is 3.03. The second-order valence-electron chi connectivity index (χ2n) is 7.09. The molecule has 2 amide bonds. The number of carbonyl (C=O) groups is 2. The predicted molar refractivity (Wildman–Crippen MR) is 116 cm³/mol. The summed E-state index contributed by atoms with van der Waals surface area (Å²) in [6.45, 7) is 6.75. The van der Waals surface area contributed by atoms with Crippen LogP contribution in [-0.4, -0.2) is 59.4 Å². The lowest BCUT2D eigenvalue weighted by atomic mass is 10.0. The second kappa shape index (κ2) is 10.7. The van der Waals surface area contributed by atoms with E-state index in [2.05, 4.69) is 4.98 Å². The molecule has 1 aliphatic rings. The molecule has 0 saturated heterocycles. The zero-order valence-electron chi connectivity index (χ0n) is 17.7. The van der Waals surface area contributed by atoms with E-state index in [1.54, 1.807) is 12.4 Å². The van der Waals surface area contributed by atoms with Crippen LogP contribution >= 0.6 is 0 Å². The fourth-order valence-electron chi connectivity index (χ4n) is 3.64. The van der Waals surface area contributed by atoms with E-state index in [1.807, 2.05) is 61.2 Å². The van der Waals surface area contributed by atoms with Gasteiger partial charge < -0.3 is 9.64 Å². The molecular weight excluding hydrogens is 378 g/mol. The highest BCUT2D eigenvalue weighted by Crippen LogP contribution is 2.31. The Kier molecular flexibility index (Phi) is 7.74. The summed E-state index contributed by atoms with van der Waals surface area (Å²) >= 11 is 0. The van der Waals surface area contributed by atoms with Crippen molar-refractivity contribution in [1.29, 1.82) is 0 Å². The highest BCUT2D eigenvalue weighted by molar-refractivity contribution is 6.35. The highest BCUT2D eigenvalue weighted by Gasteiger charge is 2.40. The van der Waals surface area contributed by atoms with Crippen molar-refractivity contribution in [2.45, 2.75) is 26.7 Å². The van der Waals surface area contributed by atoms with Crippen LogP contribution in [0.25, 0.3) is 5.57 Å². The van der Waals surface area contributed by atoms with Gasteiger partial charge in [-0.05, 0) is 49.9 Å². The van der Waals surface area contributed by atoms with Crippen molar-refractivity contribution in [3.8, 4) is 0 Å². The first-order chi connectivity index (χ1) is 14.7. The fourth-order valence-corrected chi connectivity index (χ4v) is 3.64. The third-order valence-corrected chi connectivity index (χ3v) is 5.20. The van der Waals surface area contributed by atoms with E-state index in [9.17, 15) is 9.59 Å². The Balaban J connectivity index is 1.87. The molecule has 0 unspecified atom stereocenters. The average molecular weight is 408 g/mol. The van der Waals surface area contributed by atoms with Crippen molar-refractivity contribution in [2.75, 3.05) is 32.8 Å². The number of hydrogen-bond donors (Lipinski definition) is 0. The van der Waals surface area contributed by atoms with Crippen molar-refractivity contribution < 1.29 is 14.3 Å². The lowest BCUT2D eigenvalue weighted by Crippen LogP contribution is -2.36. The van der Waals surface area contributed by atoms with Crippen molar-refractivity contribution in [2.24, 2.45) is 0 Å². The quantitative estimate of drug-likeness (QED) is 0.423. The molecule has 1 aliphatic heterocycles. The summed E-state index contributed by atoms with van der Waals surface area (Å²) in [7, 11) is 0. The van der Waals surface area contributed by atoms with Gasteiger partial charge in [0.25, 0.3) is 11.8 Å². The van der Waals surface area contributed by atoms with Crippen LogP contribution in [0.15, 0.2) is 60.6 Å². The van der Waals surface area contributed by atoms with E-state index in [1.165, 1.54) is 4.90 Å². The van der Waals surface area contributed by atoms with E-state index in [0.717, 1.165) is 17.5 Å². The Morgan fingerprint density at radius 3 is 2.40 bits per heavy atom. The second-order valence-corrected chi connectivity index (χ2v) is 7.09. The van der Waals surface area contributed by atoms with Crippen LogP contribution in [0, 0.1) is 0 Å². The van der Waals surface area contributed by atoms with Crippen LogP contribution in [0.2, 0.25) is 0 Å². The minimum Gasteiger partial charge on any atom is -0.382 e. The first-order valence-electron chi connectivity index (χ1n) is 10.5. The molecule has 0 atom stereocenters. The number of amides is 2. The Hall–Kier alpha value is -2.99. The first kappa shape index (κ1) is 21.7. The molecule has 1 aromatic heterocycles. The third-order valence-electron chi connectivity index (χ3n) is 5.20. The first-order valence-corrected chi connectivity index (χ1v) is 10.5. The van der Waals surface area contributed by atoms with Crippen LogP contribution in [0.3, 0.4) is 0 Å². The van der Waals surface area contributed by atoms with Crippen LogP contribution in [0.1, 0.15) is 31.4 Å². The third kappa shape index (κ3) is 4.94. The normalized spacial score (nSPS) is 14.0. The molecule has 0 spiro atoms. The maximum Gasteiger partial charge on any atom is 0.277 e. The molecule has 0 N–H and O–H groups in total. The maximum absolute atomic E-state index is 13.3. The number of ether oxygens (including phenoxy) is 1. The Morgan fingerprint density at radius 1 is 1.00 bits per heavy atom. The molecule has 3 rings (SSSR count). The Labute approximate surface area is 178 Å². The SMILES string of the molecule is CCOCCCN1C(=O)C(c2ccccc2)=C(N(CC)CCc2ccncc2)C1=O. The standard InChI is InChI=1S/C24H29N3O3/c1-3-26(17-13-19-11-14-25-15-12-19)22-21(20-9-6-5-7-10-20)23(28)27(24(22)29)16-8-18-30-4-2/h5-7,9-12,14-15H,3-4,8,13,16-18H2,1-2H3. The monoisotopic (exact) mass is 407 g/mol. The minimum atomic E-state index is -0.222. The molecule has 2 aromatic rings. The molecule has 0 saturated carbocycles. The van der Waals surface area contributed by atoms with Gasteiger partial charge in [-0.3, -0.25) is 19.5 Å². The highest BCUT2D eigenvalue weighted by atomic mass is 16.5. The molecule has 1 aromatic carbocycles. The molecule has 6 heteroatoms. The molecule has 0 bridgehead atoms. The van der Waals surface area contributed by atoms with Crippen molar-refractivity contribution >= 4 is 17.4 Å². The van der Waals surface area contributed by atoms with Gasteiger partial charge in [0.05, 0.1) is 5.57 Å². The lowest BCUT2D eigenvalue weighted by molar-refractivity contribution is -0.137. The van der Waals surface area contributed by atoms with Crippen LogP contribution in [-0.2, 0) is 20.7 Å². The number of rotatable bonds is 11. The summed E-state index contributed by atoms with van der Waals surface area (Å²) in [5.74, 6) is -0.438. The van der Waals surface area contributed by atoms with E-state index in [4.69, 9.17) is 4.74 Å². The Morgan fingerprint density at radius 2 is 1.73 bits per heavy atom. The molecule has 6 nitrogen and oxygen atoms in total. The minimum absolute atomic E-state index is 0.216. The molecule has 30 heavy (non-hydrogen) atoms. The summed E-state index contributed by atoms with van der Waals surface area (Å²) in [4.78, 5) is 34.0. The van der Waals surface area contributed by atoms with E-state index >= 15 is 0 Å². The van der Waals surface area contributed by atoms with E-state index in [-0.39, 0.29) is 11.8 Å². The van der Waals surface area contributed by atoms with Gasteiger partial charge in [0.15, 0.2) is 0 Å². The number of pyridine rings is 1. The van der Waals surface area contributed by atoms with Gasteiger partial charge in [-0.1, -0.05) is 30.3 Å². The number of hydrogen-bond acceptors (Lipinski definition) is 5. The number of carbonyl (C=O) groups excluding carboxylic acids is 2. The summed E-state index contributed by atoms with van der Waals surface area (Å²) in [6.07, 6.45) is 4.94. The fraction of sp³-hybridized carbons (Fsp3) is 0.375. The van der Waals surface area contributed by atoms with Crippen molar-refractivity contribution in [3.63, 3.8) is 0 Å². The number of imide groups is 1. The van der Waals surface area contributed by atoms with E-state index < -0.39 is 0 Å². The van der Waals surface area contributed by atoms with Crippen molar-refractivity contribution in [1.82, 2.24) is 14.8 Å². The smallest absolute Gasteiger partial charge is 0.277 e. The van der Waals surface area contributed by atoms with E-state index in [0.29, 0.717) is 50.5 Å². The zero-order valence-corrected chi connectivity index (χ0v) is 17.7. The summed E-state index contributed by atoms with van der Waals surface area (Å²) < 4.78 is 5.38. The predicted octanol–water partition coefficient (Wildman–Crippen LogP) is 3.15. The lowest BCUT2D eigenvalue weighted by Gasteiger charge is -2.25. The number of likely N-dealkylation sites (N-methyl/N-ethyl adjacent to an activating group) is 1. The summed E-state index contributed by atoms with van der Waals surface area (Å²) in [6, 6.07) is 13.4. The van der Waals surface area contributed by atoms with Gasteiger partial charge in [-0.15, -0.1) is 0 Å². The maximum atomic E-state index is 13.3. The van der Waals surface area contributed by atoms with Gasteiger partial charge in [-0.2, -0.15) is 0 Å². The van der Waals surface area contributed by atoms with Gasteiger partial charge in [0, 0.05) is 45.2 Å². The van der Waals surface area contributed by atoms with Crippen LogP contribution in [0.4, 0.5) is 0 Å². The molecule has 2 heterocycles. The zero-order chi connectivity index (χ0) is 21.3. The largest absolute Gasteiger partial charge is 0.382 e.